The molecule has 3 aliphatic carbocycles. The number of carbonyl (C=O) groups excluding carboxylic acids is 1. The highest BCUT2D eigenvalue weighted by Crippen LogP contribution is 2.69. The van der Waals surface area contributed by atoms with Gasteiger partial charge in [-0.3, -0.25) is 4.79 Å². The molecular weight excluding hydrogens is 212 g/mol. The molecule has 2 nitrogen and oxygen atoms in total. The van der Waals surface area contributed by atoms with Crippen LogP contribution in [-0.4, -0.2) is 16.5 Å². The van der Waals surface area contributed by atoms with E-state index in [9.17, 15) is 9.90 Å². The summed E-state index contributed by atoms with van der Waals surface area (Å²) in [5, 5.41) is 11.0. The Morgan fingerprint density at radius 3 is 2.59 bits per heavy atom. The Balaban J connectivity index is 2.13. The van der Waals surface area contributed by atoms with E-state index in [1.54, 1.807) is 0 Å². The van der Waals surface area contributed by atoms with Crippen LogP contribution in [0.15, 0.2) is 11.1 Å². The van der Waals surface area contributed by atoms with Crippen LogP contribution < -0.4 is 0 Å². The van der Waals surface area contributed by atoms with Crippen LogP contribution >= 0.6 is 0 Å². The van der Waals surface area contributed by atoms with E-state index >= 15 is 0 Å². The van der Waals surface area contributed by atoms with Crippen molar-refractivity contribution in [2.24, 2.45) is 23.2 Å². The highest BCUT2D eigenvalue weighted by atomic mass is 16.3. The molecule has 2 fully saturated rings. The molecule has 3 rings (SSSR count). The summed E-state index contributed by atoms with van der Waals surface area (Å²) in [6.07, 6.45) is 2.58. The van der Waals surface area contributed by atoms with E-state index in [4.69, 9.17) is 0 Å². The fourth-order valence-corrected chi connectivity index (χ4v) is 4.41. The SMILES string of the molecule is CC1=C2C3C(CCC(C)C2(O)CC1=O)C3(C)C. The maximum absolute atomic E-state index is 12.0. The van der Waals surface area contributed by atoms with Crippen molar-refractivity contribution in [2.75, 3.05) is 0 Å². The smallest absolute Gasteiger partial charge is 0.161 e. The van der Waals surface area contributed by atoms with Crippen LogP contribution in [0.25, 0.3) is 0 Å². The molecule has 4 unspecified atom stereocenters. The first-order valence-electron chi connectivity index (χ1n) is 6.77. The van der Waals surface area contributed by atoms with Crippen LogP contribution in [0, 0.1) is 23.2 Å². The van der Waals surface area contributed by atoms with Crippen LogP contribution in [0.2, 0.25) is 0 Å². The Bertz CT molecular complexity index is 432. The molecule has 2 saturated carbocycles. The zero-order valence-electron chi connectivity index (χ0n) is 11.2. The van der Waals surface area contributed by atoms with E-state index in [-0.39, 0.29) is 17.1 Å². The van der Waals surface area contributed by atoms with Crippen molar-refractivity contribution in [2.45, 2.75) is 52.6 Å². The van der Waals surface area contributed by atoms with Crippen molar-refractivity contribution in [1.29, 1.82) is 0 Å². The Kier molecular flexibility index (Phi) is 2.04. The maximum Gasteiger partial charge on any atom is 0.161 e. The quantitative estimate of drug-likeness (QED) is 0.699. The highest BCUT2D eigenvalue weighted by Gasteiger charge is 2.66. The second kappa shape index (κ2) is 3.03. The number of Topliss-reactive ketones (excluding diaryl/α,β-unsaturated/α-hetero) is 1. The van der Waals surface area contributed by atoms with Gasteiger partial charge in [-0.2, -0.15) is 0 Å². The predicted molar refractivity (Wildman–Crippen MR) is 66.4 cm³/mol. The number of aliphatic hydroxyl groups is 1. The number of carbonyl (C=O) groups is 1. The first-order valence-corrected chi connectivity index (χ1v) is 6.77. The van der Waals surface area contributed by atoms with Crippen molar-refractivity contribution >= 4 is 5.78 Å². The average Bonchev–Trinajstić information content (AvgIpc) is 2.71. The topological polar surface area (TPSA) is 37.3 Å². The number of hydrogen-bond donors (Lipinski definition) is 1. The lowest BCUT2D eigenvalue weighted by atomic mass is 9.78. The molecule has 0 spiro atoms. The third kappa shape index (κ3) is 1.22. The molecule has 0 amide bonds. The van der Waals surface area contributed by atoms with Gasteiger partial charge in [-0.25, -0.2) is 0 Å². The lowest BCUT2D eigenvalue weighted by molar-refractivity contribution is -0.118. The molecule has 3 aliphatic rings. The molecule has 0 aromatic carbocycles. The lowest BCUT2D eigenvalue weighted by Crippen LogP contribution is -2.37. The van der Waals surface area contributed by atoms with Gasteiger partial charge in [-0.05, 0) is 54.1 Å². The number of ketones is 1. The zero-order chi connectivity index (χ0) is 12.6. The molecule has 4 atom stereocenters. The second-order valence-electron chi connectivity index (χ2n) is 6.95. The van der Waals surface area contributed by atoms with Gasteiger partial charge in [0.05, 0.1) is 5.60 Å². The van der Waals surface area contributed by atoms with Crippen LogP contribution in [0.3, 0.4) is 0 Å². The lowest BCUT2D eigenvalue weighted by Gasteiger charge is -2.32. The molecule has 94 valence electrons. The van der Waals surface area contributed by atoms with Gasteiger partial charge in [0.2, 0.25) is 0 Å². The van der Waals surface area contributed by atoms with E-state index in [0.29, 0.717) is 18.3 Å². The molecule has 0 aromatic rings. The minimum absolute atomic E-state index is 0.165. The molecule has 0 aliphatic heterocycles. The first kappa shape index (κ1) is 11.5. The summed E-state index contributed by atoms with van der Waals surface area (Å²) in [5.41, 5.74) is 1.42. The number of fused-ring (bicyclic) bond motifs is 3. The van der Waals surface area contributed by atoms with Crippen LogP contribution in [0.4, 0.5) is 0 Å². The molecule has 1 N–H and O–H groups in total. The summed E-state index contributed by atoms with van der Waals surface area (Å²) in [5.74, 6) is 1.51. The summed E-state index contributed by atoms with van der Waals surface area (Å²) < 4.78 is 0. The Morgan fingerprint density at radius 1 is 1.29 bits per heavy atom. The predicted octanol–water partition coefficient (Wildman–Crippen LogP) is 2.71. The Hall–Kier alpha value is -0.630. The third-order valence-corrected chi connectivity index (χ3v) is 5.81. The van der Waals surface area contributed by atoms with Gasteiger partial charge < -0.3 is 5.11 Å². The summed E-state index contributed by atoms with van der Waals surface area (Å²) in [7, 11) is 0. The third-order valence-electron chi connectivity index (χ3n) is 5.81. The molecule has 0 bridgehead atoms. The van der Waals surface area contributed by atoms with Crippen LogP contribution in [0.1, 0.15) is 47.0 Å². The standard InChI is InChI=1S/C15H22O2/c1-8-5-6-10-13(14(10,3)4)12-9(2)11(16)7-15(8,12)17/h8,10,13,17H,5-7H2,1-4H3. The Labute approximate surface area is 103 Å². The summed E-state index contributed by atoms with van der Waals surface area (Å²) in [6, 6.07) is 0. The van der Waals surface area contributed by atoms with Crippen molar-refractivity contribution in [3.8, 4) is 0 Å². The minimum Gasteiger partial charge on any atom is -0.385 e. The van der Waals surface area contributed by atoms with Gasteiger partial charge in [0.25, 0.3) is 0 Å². The zero-order valence-corrected chi connectivity index (χ0v) is 11.2. The average molecular weight is 234 g/mol. The van der Waals surface area contributed by atoms with Crippen molar-refractivity contribution < 1.29 is 9.90 Å². The van der Waals surface area contributed by atoms with Gasteiger partial charge in [0, 0.05) is 6.42 Å². The van der Waals surface area contributed by atoms with Crippen molar-refractivity contribution in [3.63, 3.8) is 0 Å². The molecule has 0 heterocycles. The maximum atomic E-state index is 12.0. The van der Waals surface area contributed by atoms with E-state index in [1.807, 2.05) is 6.92 Å². The number of allylic oxidation sites excluding steroid dienone is 1. The van der Waals surface area contributed by atoms with Crippen LogP contribution in [-0.2, 0) is 4.79 Å². The van der Waals surface area contributed by atoms with Gasteiger partial charge in [0.15, 0.2) is 5.78 Å². The molecule has 0 aromatic heterocycles. The number of hydrogen-bond acceptors (Lipinski definition) is 2. The van der Waals surface area contributed by atoms with E-state index in [2.05, 4.69) is 20.8 Å². The summed E-state index contributed by atoms with van der Waals surface area (Å²) >= 11 is 0. The molecular formula is C15H22O2. The fraction of sp³-hybridized carbons (Fsp3) is 0.800. The van der Waals surface area contributed by atoms with Crippen molar-refractivity contribution in [3.05, 3.63) is 11.1 Å². The molecule has 0 radical (unpaired) electrons. The molecule has 17 heavy (non-hydrogen) atoms. The highest BCUT2D eigenvalue weighted by molar-refractivity contribution is 6.00. The Morgan fingerprint density at radius 2 is 1.94 bits per heavy atom. The van der Waals surface area contributed by atoms with E-state index in [0.717, 1.165) is 17.6 Å². The monoisotopic (exact) mass is 234 g/mol. The summed E-state index contributed by atoms with van der Waals surface area (Å²) in [4.78, 5) is 12.0. The first-order chi connectivity index (χ1) is 7.80. The minimum atomic E-state index is -0.825. The van der Waals surface area contributed by atoms with Crippen molar-refractivity contribution in [1.82, 2.24) is 0 Å². The van der Waals surface area contributed by atoms with E-state index in [1.165, 1.54) is 6.42 Å². The second-order valence-corrected chi connectivity index (χ2v) is 6.95. The fourth-order valence-electron chi connectivity index (χ4n) is 4.41. The molecule has 2 heteroatoms. The number of rotatable bonds is 0. The van der Waals surface area contributed by atoms with E-state index < -0.39 is 5.60 Å². The normalized spacial score (nSPS) is 47.6. The van der Waals surface area contributed by atoms with Gasteiger partial charge in [-0.15, -0.1) is 0 Å². The van der Waals surface area contributed by atoms with Gasteiger partial charge in [0.1, 0.15) is 0 Å². The van der Waals surface area contributed by atoms with Gasteiger partial charge in [-0.1, -0.05) is 20.8 Å². The van der Waals surface area contributed by atoms with Crippen LogP contribution in [0.5, 0.6) is 0 Å². The largest absolute Gasteiger partial charge is 0.385 e. The molecule has 0 saturated heterocycles. The summed E-state index contributed by atoms with van der Waals surface area (Å²) in [6.45, 7) is 8.58. The van der Waals surface area contributed by atoms with Gasteiger partial charge >= 0.3 is 0 Å².